The Labute approximate surface area is 148 Å². The number of anilines is 1. The second-order valence-corrected chi connectivity index (χ2v) is 5.96. The number of benzene rings is 2. The Morgan fingerprint density at radius 1 is 1.00 bits per heavy atom. The Kier molecular flexibility index (Phi) is 7.01. The number of urea groups is 1. The van der Waals surface area contributed by atoms with E-state index in [1.54, 1.807) is 24.3 Å². The Balaban J connectivity index is 1.78. The summed E-state index contributed by atoms with van der Waals surface area (Å²) in [5.74, 6) is -0.118. The molecule has 25 heavy (non-hydrogen) atoms. The topological polar surface area (TPSA) is 70.2 Å². The van der Waals surface area contributed by atoms with E-state index in [1.165, 1.54) is 5.56 Å². The molecule has 5 heteroatoms. The van der Waals surface area contributed by atoms with Crippen molar-refractivity contribution in [1.29, 1.82) is 0 Å². The van der Waals surface area contributed by atoms with Crippen LogP contribution in [-0.2, 0) is 6.42 Å². The van der Waals surface area contributed by atoms with Crippen molar-refractivity contribution in [3.05, 3.63) is 65.7 Å². The standard InChI is InChI=1S/C20H25N3O2/c1-3-21-19(24)17-11-13-18(14-12-17)23-20(25)22-15(2)9-10-16-7-5-4-6-8-16/h4-8,11-15H,3,9-10H2,1-2H3,(H,21,24)(H2,22,23,25). The van der Waals surface area contributed by atoms with Crippen LogP contribution in [0.2, 0.25) is 0 Å². The van der Waals surface area contributed by atoms with E-state index in [1.807, 2.05) is 32.0 Å². The molecule has 2 rings (SSSR count). The van der Waals surface area contributed by atoms with Gasteiger partial charge in [0.15, 0.2) is 0 Å². The highest BCUT2D eigenvalue weighted by atomic mass is 16.2. The van der Waals surface area contributed by atoms with Crippen molar-refractivity contribution in [2.45, 2.75) is 32.7 Å². The lowest BCUT2D eigenvalue weighted by Gasteiger charge is -2.15. The normalized spacial score (nSPS) is 11.4. The fourth-order valence-corrected chi connectivity index (χ4v) is 2.46. The van der Waals surface area contributed by atoms with Gasteiger partial charge in [0.05, 0.1) is 0 Å². The zero-order chi connectivity index (χ0) is 18.1. The number of amides is 3. The van der Waals surface area contributed by atoms with Crippen LogP contribution in [-0.4, -0.2) is 24.5 Å². The van der Waals surface area contributed by atoms with Crippen LogP contribution in [0.1, 0.15) is 36.2 Å². The Hall–Kier alpha value is -2.82. The minimum atomic E-state index is -0.244. The molecule has 0 radical (unpaired) electrons. The molecule has 3 amide bonds. The summed E-state index contributed by atoms with van der Waals surface area (Å²) in [5, 5.41) is 8.45. The van der Waals surface area contributed by atoms with Gasteiger partial charge in [0.1, 0.15) is 0 Å². The van der Waals surface area contributed by atoms with Gasteiger partial charge in [0.2, 0.25) is 0 Å². The average molecular weight is 339 g/mol. The first-order valence-corrected chi connectivity index (χ1v) is 8.58. The second-order valence-electron chi connectivity index (χ2n) is 5.96. The molecular formula is C20H25N3O2. The van der Waals surface area contributed by atoms with Crippen LogP contribution < -0.4 is 16.0 Å². The maximum atomic E-state index is 12.1. The fraction of sp³-hybridized carbons (Fsp3) is 0.300. The zero-order valence-corrected chi connectivity index (χ0v) is 14.7. The van der Waals surface area contributed by atoms with Gasteiger partial charge >= 0.3 is 6.03 Å². The first-order chi connectivity index (χ1) is 12.1. The van der Waals surface area contributed by atoms with Gasteiger partial charge in [0, 0.05) is 23.8 Å². The van der Waals surface area contributed by atoms with E-state index in [0.29, 0.717) is 17.8 Å². The van der Waals surface area contributed by atoms with E-state index in [9.17, 15) is 9.59 Å². The molecule has 0 aliphatic rings. The molecule has 0 bridgehead atoms. The molecule has 3 N–H and O–H groups in total. The van der Waals surface area contributed by atoms with Gasteiger partial charge in [-0.2, -0.15) is 0 Å². The van der Waals surface area contributed by atoms with Crippen molar-refractivity contribution >= 4 is 17.6 Å². The van der Waals surface area contributed by atoms with E-state index in [-0.39, 0.29) is 18.0 Å². The first-order valence-electron chi connectivity index (χ1n) is 8.58. The third kappa shape index (κ3) is 6.30. The Bertz CT molecular complexity index is 684. The van der Waals surface area contributed by atoms with Crippen LogP contribution in [0.5, 0.6) is 0 Å². The van der Waals surface area contributed by atoms with E-state index >= 15 is 0 Å². The largest absolute Gasteiger partial charge is 0.352 e. The third-order valence-corrected chi connectivity index (χ3v) is 3.83. The van der Waals surface area contributed by atoms with Crippen molar-refractivity contribution in [3.8, 4) is 0 Å². The minimum absolute atomic E-state index is 0.0646. The highest BCUT2D eigenvalue weighted by Gasteiger charge is 2.09. The number of hydrogen-bond donors (Lipinski definition) is 3. The van der Waals surface area contributed by atoms with Gasteiger partial charge in [-0.25, -0.2) is 4.79 Å². The van der Waals surface area contributed by atoms with Crippen molar-refractivity contribution in [1.82, 2.24) is 10.6 Å². The number of nitrogens with one attached hydrogen (secondary N) is 3. The summed E-state index contributed by atoms with van der Waals surface area (Å²) in [5.41, 5.74) is 2.49. The van der Waals surface area contributed by atoms with Crippen LogP contribution in [0.25, 0.3) is 0 Å². The maximum absolute atomic E-state index is 12.1. The van der Waals surface area contributed by atoms with Crippen LogP contribution in [0.3, 0.4) is 0 Å². The Morgan fingerprint density at radius 3 is 2.32 bits per heavy atom. The predicted octanol–water partition coefficient (Wildman–Crippen LogP) is 3.58. The smallest absolute Gasteiger partial charge is 0.319 e. The van der Waals surface area contributed by atoms with Crippen LogP contribution in [0.4, 0.5) is 10.5 Å². The molecule has 1 atom stereocenters. The number of hydrogen-bond acceptors (Lipinski definition) is 2. The molecule has 0 spiro atoms. The minimum Gasteiger partial charge on any atom is -0.352 e. The Morgan fingerprint density at radius 2 is 1.68 bits per heavy atom. The quantitative estimate of drug-likeness (QED) is 0.721. The van der Waals surface area contributed by atoms with Crippen LogP contribution >= 0.6 is 0 Å². The van der Waals surface area contributed by atoms with Crippen LogP contribution in [0.15, 0.2) is 54.6 Å². The number of carbonyl (C=O) groups is 2. The molecule has 0 aliphatic carbocycles. The van der Waals surface area contributed by atoms with Gasteiger partial charge in [-0.15, -0.1) is 0 Å². The number of carbonyl (C=O) groups excluding carboxylic acids is 2. The zero-order valence-electron chi connectivity index (χ0n) is 14.7. The summed E-state index contributed by atoms with van der Waals surface area (Å²) < 4.78 is 0. The lowest BCUT2D eigenvalue weighted by Crippen LogP contribution is -2.36. The SMILES string of the molecule is CCNC(=O)c1ccc(NC(=O)NC(C)CCc2ccccc2)cc1. The third-order valence-electron chi connectivity index (χ3n) is 3.83. The predicted molar refractivity (Wildman–Crippen MR) is 101 cm³/mol. The van der Waals surface area contributed by atoms with E-state index in [0.717, 1.165) is 12.8 Å². The summed E-state index contributed by atoms with van der Waals surface area (Å²) in [6.07, 6.45) is 1.79. The molecule has 0 aliphatic heterocycles. The highest BCUT2D eigenvalue weighted by molar-refractivity contribution is 5.95. The molecule has 0 saturated heterocycles. The van der Waals surface area contributed by atoms with Crippen LogP contribution in [0, 0.1) is 0 Å². The van der Waals surface area contributed by atoms with Gasteiger partial charge < -0.3 is 16.0 Å². The van der Waals surface area contributed by atoms with Crippen molar-refractivity contribution in [2.24, 2.45) is 0 Å². The summed E-state index contributed by atoms with van der Waals surface area (Å²) in [7, 11) is 0. The fourth-order valence-electron chi connectivity index (χ4n) is 2.46. The first kappa shape index (κ1) is 18.5. The highest BCUT2D eigenvalue weighted by Crippen LogP contribution is 2.10. The number of rotatable bonds is 7. The molecule has 2 aromatic carbocycles. The summed E-state index contributed by atoms with van der Waals surface area (Å²) >= 11 is 0. The molecule has 132 valence electrons. The molecule has 0 heterocycles. The molecule has 0 fully saturated rings. The number of aryl methyl sites for hydroxylation is 1. The lowest BCUT2D eigenvalue weighted by molar-refractivity contribution is 0.0956. The average Bonchev–Trinajstić information content (AvgIpc) is 2.61. The molecule has 0 saturated carbocycles. The van der Waals surface area contributed by atoms with Crippen molar-refractivity contribution in [2.75, 3.05) is 11.9 Å². The molecule has 5 nitrogen and oxygen atoms in total. The van der Waals surface area contributed by atoms with Gasteiger partial charge in [-0.3, -0.25) is 4.79 Å². The van der Waals surface area contributed by atoms with E-state index in [4.69, 9.17) is 0 Å². The second kappa shape index (κ2) is 9.47. The lowest BCUT2D eigenvalue weighted by atomic mass is 10.1. The summed E-state index contributed by atoms with van der Waals surface area (Å²) in [6.45, 7) is 4.44. The van der Waals surface area contributed by atoms with Gasteiger partial charge in [-0.1, -0.05) is 30.3 Å². The van der Waals surface area contributed by atoms with Crippen molar-refractivity contribution in [3.63, 3.8) is 0 Å². The van der Waals surface area contributed by atoms with Gasteiger partial charge in [0.25, 0.3) is 5.91 Å². The molecular weight excluding hydrogens is 314 g/mol. The van der Waals surface area contributed by atoms with Gasteiger partial charge in [-0.05, 0) is 56.5 Å². The molecule has 0 aromatic heterocycles. The monoisotopic (exact) mass is 339 g/mol. The summed E-state index contributed by atoms with van der Waals surface area (Å²) in [4.78, 5) is 23.8. The van der Waals surface area contributed by atoms with E-state index < -0.39 is 0 Å². The molecule has 1 unspecified atom stereocenters. The van der Waals surface area contributed by atoms with E-state index in [2.05, 4.69) is 28.1 Å². The summed E-state index contributed by atoms with van der Waals surface area (Å²) in [6, 6.07) is 16.9. The van der Waals surface area contributed by atoms with Crippen molar-refractivity contribution < 1.29 is 9.59 Å². The molecule has 2 aromatic rings. The maximum Gasteiger partial charge on any atom is 0.319 e.